The standard InChI is InChI=1S/C14H21NO3S2/c1-14(16,10-19-2)9-15-12-7-8-20(17,18)13-6-4-3-5-11(12)13/h3-6,12,15-16H,7-10H2,1-2H3. The number of thioether (sulfide) groups is 1. The summed E-state index contributed by atoms with van der Waals surface area (Å²) < 4.78 is 24.1. The third kappa shape index (κ3) is 3.55. The lowest BCUT2D eigenvalue weighted by Crippen LogP contribution is -2.42. The average Bonchev–Trinajstić information content (AvgIpc) is 2.38. The van der Waals surface area contributed by atoms with E-state index in [1.807, 2.05) is 18.4 Å². The van der Waals surface area contributed by atoms with Gasteiger partial charge in [-0.15, -0.1) is 0 Å². The molecule has 0 aromatic heterocycles. The number of aliphatic hydroxyl groups is 1. The maximum Gasteiger partial charge on any atom is 0.178 e. The van der Waals surface area contributed by atoms with Crippen molar-refractivity contribution in [2.24, 2.45) is 0 Å². The van der Waals surface area contributed by atoms with Crippen LogP contribution in [0.15, 0.2) is 29.2 Å². The van der Waals surface area contributed by atoms with Gasteiger partial charge in [-0.25, -0.2) is 8.42 Å². The minimum Gasteiger partial charge on any atom is -0.388 e. The minimum atomic E-state index is -3.15. The first-order chi connectivity index (χ1) is 9.36. The van der Waals surface area contributed by atoms with E-state index in [-0.39, 0.29) is 11.8 Å². The largest absolute Gasteiger partial charge is 0.388 e. The molecule has 0 aliphatic carbocycles. The molecule has 1 aromatic rings. The van der Waals surface area contributed by atoms with Crippen LogP contribution in [0.3, 0.4) is 0 Å². The molecule has 2 rings (SSSR count). The summed E-state index contributed by atoms with van der Waals surface area (Å²) in [5, 5.41) is 13.5. The maximum absolute atomic E-state index is 12.0. The van der Waals surface area contributed by atoms with E-state index in [0.29, 0.717) is 23.6 Å². The Morgan fingerprint density at radius 3 is 2.85 bits per heavy atom. The zero-order chi connectivity index (χ0) is 14.8. The Hall–Kier alpha value is -0.560. The van der Waals surface area contributed by atoms with Gasteiger partial charge in [0.05, 0.1) is 16.2 Å². The van der Waals surface area contributed by atoms with Crippen LogP contribution in [0.1, 0.15) is 24.9 Å². The smallest absolute Gasteiger partial charge is 0.178 e. The van der Waals surface area contributed by atoms with Gasteiger partial charge in [0.15, 0.2) is 9.84 Å². The van der Waals surface area contributed by atoms with E-state index >= 15 is 0 Å². The quantitative estimate of drug-likeness (QED) is 0.864. The summed E-state index contributed by atoms with van der Waals surface area (Å²) in [4.78, 5) is 0.424. The maximum atomic E-state index is 12.0. The summed E-state index contributed by atoms with van der Waals surface area (Å²) in [6, 6.07) is 7.12. The lowest BCUT2D eigenvalue weighted by Gasteiger charge is -2.30. The van der Waals surface area contributed by atoms with Gasteiger partial charge in [0.1, 0.15) is 0 Å². The molecule has 2 unspecified atom stereocenters. The Morgan fingerprint density at radius 2 is 2.15 bits per heavy atom. The van der Waals surface area contributed by atoms with Gasteiger partial charge in [0.2, 0.25) is 0 Å². The highest BCUT2D eigenvalue weighted by Crippen LogP contribution is 2.32. The van der Waals surface area contributed by atoms with Gasteiger partial charge in [0, 0.05) is 18.3 Å². The first kappa shape index (κ1) is 15.8. The van der Waals surface area contributed by atoms with Gasteiger partial charge >= 0.3 is 0 Å². The highest BCUT2D eigenvalue weighted by molar-refractivity contribution is 7.98. The summed E-state index contributed by atoms with van der Waals surface area (Å²) in [6.45, 7) is 2.24. The zero-order valence-corrected chi connectivity index (χ0v) is 13.4. The topological polar surface area (TPSA) is 66.4 Å². The second kappa shape index (κ2) is 6.05. The molecule has 112 valence electrons. The molecule has 0 saturated carbocycles. The lowest BCUT2D eigenvalue weighted by atomic mass is 10.0. The fraction of sp³-hybridized carbons (Fsp3) is 0.571. The van der Waals surface area contributed by atoms with Gasteiger partial charge in [-0.05, 0) is 31.2 Å². The number of fused-ring (bicyclic) bond motifs is 1. The van der Waals surface area contributed by atoms with Crippen molar-refractivity contribution in [2.45, 2.75) is 29.9 Å². The number of hydrogen-bond acceptors (Lipinski definition) is 5. The molecule has 20 heavy (non-hydrogen) atoms. The van der Waals surface area contributed by atoms with Gasteiger partial charge in [0.25, 0.3) is 0 Å². The first-order valence-corrected chi connectivity index (χ1v) is 9.67. The molecule has 0 spiro atoms. The van der Waals surface area contributed by atoms with Crippen molar-refractivity contribution >= 4 is 21.6 Å². The van der Waals surface area contributed by atoms with E-state index in [1.54, 1.807) is 30.8 Å². The third-order valence-corrected chi connectivity index (χ3v) is 6.21. The molecule has 2 N–H and O–H groups in total. The Bertz CT molecular complexity index is 570. The van der Waals surface area contributed by atoms with Crippen molar-refractivity contribution in [2.75, 3.05) is 24.3 Å². The molecule has 1 aromatic carbocycles. The van der Waals surface area contributed by atoms with Crippen LogP contribution in [0, 0.1) is 0 Å². The van der Waals surface area contributed by atoms with Crippen LogP contribution >= 0.6 is 11.8 Å². The highest BCUT2D eigenvalue weighted by atomic mass is 32.2. The molecule has 4 nitrogen and oxygen atoms in total. The van der Waals surface area contributed by atoms with Crippen LogP contribution in [-0.2, 0) is 9.84 Å². The molecule has 1 aliphatic heterocycles. The fourth-order valence-electron chi connectivity index (χ4n) is 2.51. The summed E-state index contributed by atoms with van der Waals surface area (Å²) in [5.74, 6) is 0.805. The van der Waals surface area contributed by atoms with Crippen LogP contribution in [0.25, 0.3) is 0 Å². The lowest BCUT2D eigenvalue weighted by molar-refractivity contribution is 0.0810. The van der Waals surface area contributed by atoms with Crippen LogP contribution in [0.5, 0.6) is 0 Å². The van der Waals surface area contributed by atoms with Crippen molar-refractivity contribution < 1.29 is 13.5 Å². The van der Waals surface area contributed by atoms with Crippen molar-refractivity contribution in [1.29, 1.82) is 0 Å². The zero-order valence-electron chi connectivity index (χ0n) is 11.8. The van der Waals surface area contributed by atoms with Gasteiger partial charge in [-0.1, -0.05) is 18.2 Å². The van der Waals surface area contributed by atoms with Gasteiger partial charge in [-0.3, -0.25) is 0 Å². The Morgan fingerprint density at radius 1 is 1.45 bits per heavy atom. The Kier molecular flexibility index (Phi) is 4.79. The van der Waals surface area contributed by atoms with E-state index in [9.17, 15) is 13.5 Å². The fourth-order valence-corrected chi connectivity index (χ4v) is 4.85. The summed E-state index contributed by atoms with van der Waals surface area (Å²) in [5.41, 5.74) is 0.0312. The number of benzene rings is 1. The van der Waals surface area contributed by atoms with E-state index in [4.69, 9.17) is 0 Å². The third-order valence-electron chi connectivity index (χ3n) is 3.49. The normalized spacial score (nSPS) is 23.9. The number of nitrogens with one attached hydrogen (secondary N) is 1. The molecular formula is C14H21NO3S2. The number of rotatable bonds is 5. The molecule has 0 saturated heterocycles. The second-order valence-electron chi connectivity index (χ2n) is 5.51. The van der Waals surface area contributed by atoms with Crippen molar-refractivity contribution in [3.05, 3.63) is 29.8 Å². The van der Waals surface area contributed by atoms with Gasteiger partial charge < -0.3 is 10.4 Å². The molecule has 1 heterocycles. The molecule has 0 bridgehead atoms. The van der Waals surface area contributed by atoms with E-state index < -0.39 is 15.4 Å². The molecule has 6 heteroatoms. The van der Waals surface area contributed by atoms with Crippen molar-refractivity contribution in [1.82, 2.24) is 5.32 Å². The summed E-state index contributed by atoms with van der Waals surface area (Å²) in [7, 11) is -3.15. The molecular weight excluding hydrogens is 294 g/mol. The van der Waals surface area contributed by atoms with Crippen molar-refractivity contribution in [3.63, 3.8) is 0 Å². The Balaban J connectivity index is 2.16. The first-order valence-electron chi connectivity index (χ1n) is 6.62. The Labute approximate surface area is 124 Å². The number of sulfone groups is 1. The number of hydrogen-bond donors (Lipinski definition) is 2. The second-order valence-corrected chi connectivity index (χ2v) is 8.45. The average molecular weight is 315 g/mol. The van der Waals surface area contributed by atoms with Crippen LogP contribution in [0.4, 0.5) is 0 Å². The van der Waals surface area contributed by atoms with E-state index in [2.05, 4.69) is 5.32 Å². The molecule has 1 aliphatic rings. The predicted molar refractivity (Wildman–Crippen MR) is 82.9 cm³/mol. The van der Waals surface area contributed by atoms with Crippen LogP contribution < -0.4 is 5.32 Å². The summed E-state index contributed by atoms with van der Waals surface area (Å²) >= 11 is 1.59. The molecule has 0 fully saturated rings. The van der Waals surface area contributed by atoms with E-state index in [0.717, 1.165) is 5.56 Å². The highest BCUT2D eigenvalue weighted by Gasteiger charge is 2.31. The predicted octanol–water partition coefficient (Wildman–Crippen LogP) is 1.61. The minimum absolute atomic E-state index is 0.0111. The van der Waals surface area contributed by atoms with Gasteiger partial charge in [-0.2, -0.15) is 11.8 Å². The molecule has 0 amide bonds. The summed E-state index contributed by atoms with van der Waals surface area (Å²) in [6.07, 6.45) is 2.51. The SMILES string of the molecule is CSCC(C)(O)CNC1CCS(=O)(=O)c2ccccc21. The monoisotopic (exact) mass is 315 g/mol. The molecule has 2 atom stereocenters. The molecule has 0 radical (unpaired) electrons. The van der Waals surface area contributed by atoms with Crippen LogP contribution in [-0.4, -0.2) is 43.4 Å². The van der Waals surface area contributed by atoms with Crippen LogP contribution in [0.2, 0.25) is 0 Å². The van der Waals surface area contributed by atoms with E-state index in [1.165, 1.54) is 0 Å². The van der Waals surface area contributed by atoms with Crippen molar-refractivity contribution in [3.8, 4) is 0 Å².